The van der Waals surface area contributed by atoms with Crippen LogP contribution < -0.4 is 10.3 Å². The number of ether oxygens (including phenoxy) is 1. The Morgan fingerprint density at radius 3 is 2.75 bits per heavy atom. The van der Waals surface area contributed by atoms with Gasteiger partial charge in [0.05, 0.1) is 3.57 Å². The molecule has 1 aromatic carbocycles. The van der Waals surface area contributed by atoms with Gasteiger partial charge in [0.2, 0.25) is 0 Å². The monoisotopic (exact) mass is 328 g/mol. The highest BCUT2D eigenvalue weighted by Crippen LogP contribution is 2.09. The summed E-state index contributed by atoms with van der Waals surface area (Å²) in [5.41, 5.74) is -0.137. The highest BCUT2D eigenvalue weighted by atomic mass is 127. The van der Waals surface area contributed by atoms with Crippen LogP contribution in [0.3, 0.4) is 0 Å². The first-order chi connectivity index (χ1) is 7.75. The van der Waals surface area contributed by atoms with Crippen molar-refractivity contribution in [2.24, 2.45) is 0 Å². The predicted molar refractivity (Wildman–Crippen MR) is 68.3 cm³/mol. The van der Waals surface area contributed by atoms with Gasteiger partial charge < -0.3 is 9.72 Å². The van der Waals surface area contributed by atoms with Gasteiger partial charge in [0, 0.05) is 6.20 Å². The number of halogens is 1. The quantitative estimate of drug-likeness (QED) is 0.877. The number of aromatic amines is 1. The molecule has 0 unspecified atom stereocenters. The minimum atomic E-state index is -0.137. The maximum absolute atomic E-state index is 11.3. The number of rotatable bonds is 3. The van der Waals surface area contributed by atoms with E-state index < -0.39 is 0 Å². The van der Waals surface area contributed by atoms with E-state index in [2.05, 4.69) is 9.97 Å². The van der Waals surface area contributed by atoms with Crippen molar-refractivity contribution in [1.82, 2.24) is 9.97 Å². The number of aromatic nitrogens is 2. The molecule has 5 heteroatoms. The Morgan fingerprint density at radius 1 is 1.31 bits per heavy atom. The predicted octanol–water partition coefficient (Wildman–Crippen LogP) is 1.95. The maximum Gasteiger partial charge on any atom is 0.264 e. The molecule has 0 amide bonds. The van der Waals surface area contributed by atoms with Crippen LogP contribution in [0.15, 0.2) is 41.3 Å². The molecule has 0 fully saturated rings. The fraction of sp³-hybridized carbons (Fsp3) is 0.0909. The van der Waals surface area contributed by atoms with E-state index in [1.54, 1.807) is 0 Å². The number of H-pyrrole nitrogens is 1. The molecule has 0 aliphatic rings. The molecule has 0 saturated heterocycles. The molecular weight excluding hydrogens is 319 g/mol. The van der Waals surface area contributed by atoms with Gasteiger partial charge in [-0.3, -0.25) is 4.79 Å². The van der Waals surface area contributed by atoms with Gasteiger partial charge in [-0.1, -0.05) is 18.2 Å². The van der Waals surface area contributed by atoms with Crippen molar-refractivity contribution in [2.75, 3.05) is 0 Å². The fourth-order valence-corrected chi connectivity index (χ4v) is 1.43. The Bertz CT molecular complexity index is 525. The summed E-state index contributed by atoms with van der Waals surface area (Å²) in [5, 5.41) is 0. The zero-order valence-electron chi connectivity index (χ0n) is 8.31. The van der Waals surface area contributed by atoms with E-state index in [1.807, 2.05) is 52.9 Å². The lowest BCUT2D eigenvalue weighted by Gasteiger charge is -2.04. The second-order valence-electron chi connectivity index (χ2n) is 3.11. The van der Waals surface area contributed by atoms with Crippen molar-refractivity contribution < 1.29 is 4.74 Å². The normalized spacial score (nSPS) is 10.1. The third-order valence-corrected chi connectivity index (χ3v) is 2.70. The molecule has 0 saturated carbocycles. The van der Waals surface area contributed by atoms with Gasteiger partial charge in [-0.15, -0.1) is 0 Å². The molecule has 4 nitrogen and oxygen atoms in total. The topological polar surface area (TPSA) is 55.0 Å². The molecule has 0 spiro atoms. The van der Waals surface area contributed by atoms with E-state index >= 15 is 0 Å². The van der Waals surface area contributed by atoms with Crippen molar-refractivity contribution >= 4 is 22.6 Å². The number of benzene rings is 1. The summed E-state index contributed by atoms with van der Waals surface area (Å²) in [6.45, 7) is 0.260. The molecule has 1 N–H and O–H groups in total. The highest BCUT2D eigenvalue weighted by Gasteiger charge is 2.00. The van der Waals surface area contributed by atoms with Crippen LogP contribution in [0.2, 0.25) is 0 Å². The summed E-state index contributed by atoms with van der Waals surface area (Å²) < 4.78 is 6.02. The summed E-state index contributed by atoms with van der Waals surface area (Å²) in [4.78, 5) is 18.0. The molecule has 1 heterocycles. The molecule has 2 rings (SSSR count). The van der Waals surface area contributed by atoms with Crippen LogP contribution in [-0.4, -0.2) is 9.97 Å². The van der Waals surface area contributed by atoms with Crippen molar-refractivity contribution in [2.45, 2.75) is 6.61 Å². The maximum atomic E-state index is 11.3. The molecule has 2 aromatic rings. The molecule has 0 bridgehead atoms. The van der Waals surface area contributed by atoms with Crippen LogP contribution in [0.1, 0.15) is 5.82 Å². The zero-order chi connectivity index (χ0) is 11.4. The van der Waals surface area contributed by atoms with Gasteiger partial charge >= 0.3 is 0 Å². The van der Waals surface area contributed by atoms with Gasteiger partial charge in [0.15, 0.2) is 0 Å². The molecule has 0 aliphatic carbocycles. The minimum Gasteiger partial charge on any atom is -0.486 e. The Kier molecular flexibility index (Phi) is 3.55. The van der Waals surface area contributed by atoms with Crippen LogP contribution in [0.25, 0.3) is 0 Å². The molecular formula is C11H9IN2O2. The van der Waals surface area contributed by atoms with Gasteiger partial charge in [-0.2, -0.15) is 0 Å². The van der Waals surface area contributed by atoms with Gasteiger partial charge in [0.25, 0.3) is 5.56 Å². The summed E-state index contributed by atoms with van der Waals surface area (Å²) in [6.07, 6.45) is 1.53. The van der Waals surface area contributed by atoms with Crippen LogP contribution in [-0.2, 0) is 6.61 Å². The van der Waals surface area contributed by atoms with E-state index in [0.29, 0.717) is 9.39 Å². The van der Waals surface area contributed by atoms with Gasteiger partial charge in [0.1, 0.15) is 18.2 Å². The largest absolute Gasteiger partial charge is 0.486 e. The second kappa shape index (κ2) is 5.11. The smallest absolute Gasteiger partial charge is 0.264 e. The Labute approximate surface area is 106 Å². The number of nitrogens with one attached hydrogen (secondary N) is 1. The first kappa shape index (κ1) is 11.1. The van der Waals surface area contributed by atoms with Crippen molar-refractivity contribution in [1.29, 1.82) is 0 Å². The molecule has 0 atom stereocenters. The lowest BCUT2D eigenvalue weighted by atomic mass is 10.3. The third-order valence-electron chi connectivity index (χ3n) is 1.93. The average molecular weight is 328 g/mol. The summed E-state index contributed by atoms with van der Waals surface area (Å²) in [5.74, 6) is 1.28. The second-order valence-corrected chi connectivity index (χ2v) is 4.27. The number of hydrogen-bond donors (Lipinski definition) is 1. The van der Waals surface area contributed by atoms with Crippen LogP contribution >= 0.6 is 22.6 Å². The minimum absolute atomic E-state index is 0.137. The number of nitrogens with zero attached hydrogens (tertiary/aromatic N) is 1. The SMILES string of the molecule is O=c1[nH]c(COc2ccccc2)ncc1I. The molecule has 0 radical (unpaired) electrons. The lowest BCUT2D eigenvalue weighted by Crippen LogP contribution is -2.15. The summed E-state index contributed by atoms with van der Waals surface area (Å²) in [7, 11) is 0. The first-order valence-corrected chi connectivity index (χ1v) is 5.75. The van der Waals surface area contributed by atoms with E-state index in [4.69, 9.17) is 4.74 Å². The molecule has 0 aliphatic heterocycles. The Balaban J connectivity index is 2.05. The van der Waals surface area contributed by atoms with Gasteiger partial charge in [-0.25, -0.2) is 4.98 Å². The van der Waals surface area contributed by atoms with Crippen molar-refractivity contribution in [3.8, 4) is 5.75 Å². The molecule has 16 heavy (non-hydrogen) atoms. The van der Waals surface area contributed by atoms with Crippen molar-refractivity contribution in [3.05, 3.63) is 56.3 Å². The van der Waals surface area contributed by atoms with Crippen LogP contribution in [0.5, 0.6) is 5.75 Å². The Hall–Kier alpha value is -1.37. The third kappa shape index (κ3) is 2.82. The standard InChI is InChI=1S/C11H9IN2O2/c12-9-6-13-10(14-11(9)15)7-16-8-4-2-1-3-5-8/h1-6H,7H2,(H,13,14,15). The fourth-order valence-electron chi connectivity index (χ4n) is 1.16. The molecule has 82 valence electrons. The number of para-hydroxylation sites is 1. The van der Waals surface area contributed by atoms with Gasteiger partial charge in [-0.05, 0) is 34.7 Å². The average Bonchev–Trinajstić information content (AvgIpc) is 2.32. The van der Waals surface area contributed by atoms with E-state index in [1.165, 1.54) is 6.20 Å². The highest BCUT2D eigenvalue weighted by molar-refractivity contribution is 14.1. The van der Waals surface area contributed by atoms with Crippen LogP contribution in [0.4, 0.5) is 0 Å². The molecule has 1 aromatic heterocycles. The summed E-state index contributed by atoms with van der Waals surface area (Å²) >= 11 is 1.93. The van der Waals surface area contributed by atoms with Crippen LogP contribution in [0, 0.1) is 3.57 Å². The number of hydrogen-bond acceptors (Lipinski definition) is 3. The summed E-state index contributed by atoms with van der Waals surface area (Å²) in [6, 6.07) is 9.40. The first-order valence-electron chi connectivity index (χ1n) is 4.67. The lowest BCUT2D eigenvalue weighted by molar-refractivity contribution is 0.295. The van der Waals surface area contributed by atoms with E-state index in [9.17, 15) is 4.79 Å². The van der Waals surface area contributed by atoms with E-state index in [0.717, 1.165) is 5.75 Å². The van der Waals surface area contributed by atoms with Crippen molar-refractivity contribution in [3.63, 3.8) is 0 Å². The zero-order valence-corrected chi connectivity index (χ0v) is 10.5. The van der Waals surface area contributed by atoms with E-state index in [-0.39, 0.29) is 12.2 Å². The Morgan fingerprint density at radius 2 is 2.06 bits per heavy atom.